The Hall–Kier alpha value is -5.24. The summed E-state index contributed by atoms with van der Waals surface area (Å²) in [6.45, 7) is 1.47. The number of carbonyl (C=O) groups excluding carboxylic acids is 4. The Balaban J connectivity index is 1.22. The molecule has 0 fully saturated rings. The van der Waals surface area contributed by atoms with E-state index in [4.69, 9.17) is 9.57 Å². The normalized spacial score (nSPS) is 15.1. The molecule has 198 valence electrons. The van der Waals surface area contributed by atoms with E-state index in [-0.39, 0.29) is 23.7 Å². The number of fused-ring (bicyclic) bond motifs is 4. The molecule has 4 aromatic carbocycles. The summed E-state index contributed by atoms with van der Waals surface area (Å²) >= 11 is 0. The fourth-order valence-electron chi connectivity index (χ4n) is 5.28. The average molecular weight is 533 g/mol. The van der Waals surface area contributed by atoms with Crippen LogP contribution >= 0.6 is 0 Å². The summed E-state index contributed by atoms with van der Waals surface area (Å²) in [5.41, 5.74) is 3.14. The number of ether oxygens (including phenoxy) is 1. The van der Waals surface area contributed by atoms with Crippen molar-refractivity contribution in [2.45, 2.75) is 18.4 Å². The Bertz CT molecular complexity index is 1590. The van der Waals surface area contributed by atoms with Crippen molar-refractivity contribution < 1.29 is 28.8 Å². The fraction of sp³-hybridized carbons (Fsp3) is 0.125. The van der Waals surface area contributed by atoms with Crippen LogP contribution in [0.5, 0.6) is 0 Å². The number of rotatable bonds is 6. The summed E-state index contributed by atoms with van der Waals surface area (Å²) in [5, 5.41) is 3.05. The van der Waals surface area contributed by atoms with Gasteiger partial charge in [0, 0.05) is 5.92 Å². The van der Waals surface area contributed by atoms with E-state index in [1.54, 1.807) is 42.5 Å². The van der Waals surface area contributed by atoms with E-state index in [1.807, 2.05) is 48.5 Å². The molecule has 0 aromatic heterocycles. The van der Waals surface area contributed by atoms with E-state index in [2.05, 4.69) is 5.32 Å². The van der Waals surface area contributed by atoms with Crippen LogP contribution in [-0.2, 0) is 19.9 Å². The van der Waals surface area contributed by atoms with Crippen molar-refractivity contribution in [3.05, 3.63) is 131 Å². The highest BCUT2D eigenvalue weighted by molar-refractivity contribution is 6.21. The zero-order chi connectivity index (χ0) is 27.9. The van der Waals surface area contributed by atoms with Gasteiger partial charge in [0.2, 0.25) is 0 Å². The van der Waals surface area contributed by atoms with Gasteiger partial charge in [-0.25, -0.2) is 9.59 Å². The lowest BCUT2D eigenvalue weighted by atomic mass is 9.92. The maximum atomic E-state index is 13.5. The molecule has 4 aromatic rings. The minimum absolute atomic E-state index is 0.0399. The third-order valence-electron chi connectivity index (χ3n) is 7.39. The zero-order valence-corrected chi connectivity index (χ0v) is 21.5. The van der Waals surface area contributed by atoms with Crippen LogP contribution in [0.4, 0.5) is 4.79 Å². The number of alkyl carbamates (subject to hydrolysis) is 1. The fourth-order valence-corrected chi connectivity index (χ4v) is 5.28. The first-order valence-corrected chi connectivity index (χ1v) is 12.8. The van der Waals surface area contributed by atoms with Crippen LogP contribution in [0.25, 0.3) is 11.1 Å². The van der Waals surface area contributed by atoms with E-state index in [0.29, 0.717) is 10.6 Å². The van der Waals surface area contributed by atoms with Gasteiger partial charge < -0.3 is 14.9 Å². The van der Waals surface area contributed by atoms with E-state index in [0.717, 1.165) is 22.3 Å². The Morgan fingerprint density at radius 1 is 0.725 bits per heavy atom. The first-order chi connectivity index (χ1) is 19.4. The molecule has 40 heavy (non-hydrogen) atoms. The van der Waals surface area contributed by atoms with Crippen LogP contribution < -0.4 is 5.32 Å². The molecular weight excluding hydrogens is 508 g/mol. The Morgan fingerprint density at radius 3 is 1.75 bits per heavy atom. The topological polar surface area (TPSA) is 102 Å². The summed E-state index contributed by atoms with van der Waals surface area (Å²) < 4.78 is 5.66. The Kier molecular flexibility index (Phi) is 6.15. The lowest BCUT2D eigenvalue weighted by Gasteiger charge is -2.29. The summed E-state index contributed by atoms with van der Waals surface area (Å²) in [6, 6.07) is 30.5. The first-order valence-electron chi connectivity index (χ1n) is 12.8. The molecule has 0 saturated carbocycles. The number of carbonyl (C=O) groups is 4. The van der Waals surface area contributed by atoms with Gasteiger partial charge in [-0.05, 0) is 46.9 Å². The molecule has 1 N–H and O–H groups in total. The van der Waals surface area contributed by atoms with E-state index >= 15 is 0 Å². The quantitative estimate of drug-likeness (QED) is 0.343. The van der Waals surface area contributed by atoms with Crippen molar-refractivity contribution in [2.24, 2.45) is 0 Å². The number of nitrogens with one attached hydrogen (secondary N) is 1. The largest absolute Gasteiger partial charge is 0.449 e. The average Bonchev–Trinajstić information content (AvgIpc) is 3.43. The molecule has 6 rings (SSSR count). The van der Waals surface area contributed by atoms with Crippen LogP contribution in [0.1, 0.15) is 50.2 Å². The summed E-state index contributed by atoms with van der Waals surface area (Å²) in [6.07, 6.45) is -0.854. The number of hydrogen-bond acceptors (Lipinski definition) is 6. The molecule has 8 heteroatoms. The van der Waals surface area contributed by atoms with Crippen LogP contribution in [-0.4, -0.2) is 35.5 Å². The number of hydrogen-bond donors (Lipinski definition) is 1. The van der Waals surface area contributed by atoms with Gasteiger partial charge in [0.15, 0.2) is 5.54 Å². The zero-order valence-electron chi connectivity index (χ0n) is 21.5. The molecular formula is C32H24N2O6. The second-order valence-corrected chi connectivity index (χ2v) is 9.77. The number of benzene rings is 4. The van der Waals surface area contributed by atoms with Crippen LogP contribution in [0.15, 0.2) is 103 Å². The maximum absolute atomic E-state index is 13.5. The summed E-state index contributed by atoms with van der Waals surface area (Å²) in [4.78, 5) is 57.6. The van der Waals surface area contributed by atoms with Crippen molar-refractivity contribution in [3.8, 4) is 11.1 Å². The molecule has 1 unspecified atom stereocenters. The van der Waals surface area contributed by atoms with Crippen LogP contribution in [0.2, 0.25) is 0 Å². The van der Waals surface area contributed by atoms with E-state index < -0.39 is 29.4 Å². The van der Waals surface area contributed by atoms with Gasteiger partial charge in [-0.2, -0.15) is 0 Å². The molecule has 8 nitrogen and oxygen atoms in total. The lowest BCUT2D eigenvalue weighted by Crippen LogP contribution is -2.52. The van der Waals surface area contributed by atoms with Gasteiger partial charge in [0.05, 0.1) is 11.1 Å². The molecule has 1 atom stereocenters. The van der Waals surface area contributed by atoms with Gasteiger partial charge in [0.1, 0.15) is 6.61 Å². The van der Waals surface area contributed by atoms with Crippen molar-refractivity contribution in [2.75, 3.05) is 6.61 Å². The molecule has 0 radical (unpaired) electrons. The maximum Gasteiger partial charge on any atom is 0.408 e. The van der Waals surface area contributed by atoms with Crippen molar-refractivity contribution >= 4 is 23.9 Å². The first kappa shape index (κ1) is 25.1. The highest BCUT2D eigenvalue weighted by Gasteiger charge is 2.45. The predicted molar refractivity (Wildman–Crippen MR) is 145 cm³/mol. The van der Waals surface area contributed by atoms with Crippen molar-refractivity contribution in [1.82, 2.24) is 10.4 Å². The standard InChI is InChI=1S/C32H24N2O6/c1-32(20-11-3-2-4-12-20,30(37)40-34-28(35)25-17-9-10-18-26(25)29(34)36)33-31(38)39-19-27-23-15-7-5-13-21(23)22-14-6-8-16-24(22)27/h2-18,27H,19H2,1H3,(H,33,38). The summed E-state index contributed by atoms with van der Waals surface area (Å²) in [5.74, 6) is -2.72. The second-order valence-electron chi connectivity index (χ2n) is 9.77. The number of nitrogens with zero attached hydrogens (tertiary/aromatic N) is 1. The van der Waals surface area contributed by atoms with E-state index in [1.165, 1.54) is 19.1 Å². The number of imide groups is 1. The highest BCUT2D eigenvalue weighted by atomic mass is 16.7. The Labute approximate surface area is 230 Å². The Morgan fingerprint density at radius 2 is 1.20 bits per heavy atom. The summed E-state index contributed by atoms with van der Waals surface area (Å²) in [7, 11) is 0. The van der Waals surface area contributed by atoms with Gasteiger partial charge in [-0.3, -0.25) is 9.59 Å². The third-order valence-corrected chi connectivity index (χ3v) is 7.39. The highest BCUT2D eigenvalue weighted by Crippen LogP contribution is 2.44. The minimum atomic E-state index is -1.78. The lowest BCUT2D eigenvalue weighted by molar-refractivity contribution is -0.176. The molecule has 0 saturated heterocycles. The third kappa shape index (κ3) is 4.10. The number of hydroxylamine groups is 2. The molecule has 0 bridgehead atoms. The van der Waals surface area contributed by atoms with Gasteiger partial charge in [-0.15, -0.1) is 0 Å². The molecule has 1 aliphatic carbocycles. The number of amides is 3. The van der Waals surface area contributed by atoms with Gasteiger partial charge in [0.25, 0.3) is 11.8 Å². The second kappa shape index (κ2) is 9.81. The van der Waals surface area contributed by atoms with Gasteiger partial charge in [-0.1, -0.05) is 96.1 Å². The smallest absolute Gasteiger partial charge is 0.408 e. The van der Waals surface area contributed by atoms with Gasteiger partial charge >= 0.3 is 12.1 Å². The minimum Gasteiger partial charge on any atom is -0.449 e. The SMILES string of the molecule is CC(NC(=O)OCC1c2ccccc2-c2ccccc21)(C(=O)ON1C(=O)c2ccccc2C1=O)c1ccccc1. The molecule has 3 amide bonds. The monoisotopic (exact) mass is 532 g/mol. The molecule has 1 heterocycles. The van der Waals surface area contributed by atoms with E-state index in [9.17, 15) is 19.2 Å². The van der Waals surface area contributed by atoms with Crippen LogP contribution in [0.3, 0.4) is 0 Å². The van der Waals surface area contributed by atoms with Crippen molar-refractivity contribution in [3.63, 3.8) is 0 Å². The predicted octanol–water partition coefficient (Wildman–Crippen LogP) is 5.19. The van der Waals surface area contributed by atoms with Crippen LogP contribution in [0, 0.1) is 0 Å². The van der Waals surface area contributed by atoms with Crippen molar-refractivity contribution in [1.29, 1.82) is 0 Å². The molecule has 2 aliphatic rings. The molecule has 0 spiro atoms. The molecule has 1 aliphatic heterocycles.